The molecule has 4 aromatic rings. The number of fused-ring (bicyclic) bond motifs is 1. The highest BCUT2D eigenvalue weighted by Gasteiger charge is 2.16. The van der Waals surface area contributed by atoms with Gasteiger partial charge in [0.15, 0.2) is 0 Å². The molecule has 6 heteroatoms. The van der Waals surface area contributed by atoms with Crippen LogP contribution in [0.3, 0.4) is 0 Å². The van der Waals surface area contributed by atoms with Crippen LogP contribution in [-0.2, 0) is 11.3 Å². The van der Waals surface area contributed by atoms with E-state index in [1.165, 1.54) is 17.7 Å². The number of amides is 1. The van der Waals surface area contributed by atoms with Gasteiger partial charge in [-0.2, -0.15) is 0 Å². The minimum absolute atomic E-state index is 0.183. The second kappa shape index (κ2) is 9.51. The first kappa shape index (κ1) is 23.2. The first-order valence-electron chi connectivity index (χ1n) is 10.8. The zero-order chi connectivity index (χ0) is 24.4. The van der Waals surface area contributed by atoms with Crippen molar-refractivity contribution in [3.8, 4) is 16.9 Å². The summed E-state index contributed by atoms with van der Waals surface area (Å²) in [5, 5.41) is 3.44. The molecule has 34 heavy (non-hydrogen) atoms. The van der Waals surface area contributed by atoms with E-state index in [9.17, 15) is 13.6 Å². The molecule has 0 bridgehead atoms. The molecule has 0 atom stereocenters. The second-order valence-corrected chi connectivity index (χ2v) is 8.26. The molecule has 0 spiro atoms. The lowest BCUT2D eigenvalue weighted by Gasteiger charge is -2.11. The van der Waals surface area contributed by atoms with Gasteiger partial charge in [-0.1, -0.05) is 29.8 Å². The third-order valence-corrected chi connectivity index (χ3v) is 5.84. The van der Waals surface area contributed by atoms with Gasteiger partial charge >= 0.3 is 0 Å². The van der Waals surface area contributed by atoms with Crippen molar-refractivity contribution >= 4 is 22.4 Å². The van der Waals surface area contributed by atoms with Crippen LogP contribution in [0.15, 0.2) is 65.3 Å². The van der Waals surface area contributed by atoms with Crippen molar-refractivity contribution in [3.05, 3.63) is 94.8 Å². The summed E-state index contributed by atoms with van der Waals surface area (Å²) >= 11 is 0. The van der Waals surface area contributed by atoms with Crippen molar-refractivity contribution in [3.63, 3.8) is 0 Å². The number of nitrogens with one attached hydrogen (secondary N) is 1. The molecule has 0 unspecified atom stereocenters. The molecule has 0 aliphatic carbocycles. The lowest BCUT2D eigenvalue weighted by Crippen LogP contribution is -2.22. The number of carbonyl (C=O) groups is 1. The van der Waals surface area contributed by atoms with Gasteiger partial charge in [0.2, 0.25) is 5.91 Å². The van der Waals surface area contributed by atoms with Gasteiger partial charge in [-0.3, -0.25) is 4.79 Å². The third-order valence-electron chi connectivity index (χ3n) is 5.84. The highest BCUT2D eigenvalue weighted by Crippen LogP contribution is 2.38. The number of hydrogen-bond donors (Lipinski definition) is 1. The maximum absolute atomic E-state index is 13.8. The predicted octanol–water partition coefficient (Wildman–Crippen LogP) is 6.72. The zero-order valence-electron chi connectivity index (χ0n) is 19.5. The molecule has 0 aliphatic heterocycles. The molecule has 0 saturated carbocycles. The summed E-state index contributed by atoms with van der Waals surface area (Å²) in [4.78, 5) is 12.5. The zero-order valence-corrected chi connectivity index (χ0v) is 19.5. The van der Waals surface area contributed by atoms with Gasteiger partial charge in [-0.25, -0.2) is 8.78 Å². The number of aryl methyl sites for hydroxylation is 2. The number of carbonyl (C=O) groups excluding carboxylic acids is 1. The van der Waals surface area contributed by atoms with E-state index < -0.39 is 17.5 Å². The molecule has 1 N–H and O–H groups in total. The summed E-state index contributed by atoms with van der Waals surface area (Å²) in [6.45, 7) is 5.63. The van der Waals surface area contributed by atoms with Gasteiger partial charge in [0.05, 0.1) is 13.4 Å². The second-order valence-electron chi connectivity index (χ2n) is 8.26. The Hall–Kier alpha value is -3.93. The van der Waals surface area contributed by atoms with Crippen molar-refractivity contribution in [2.45, 2.75) is 27.3 Å². The first-order valence-corrected chi connectivity index (χ1v) is 10.8. The number of furan rings is 1. The van der Waals surface area contributed by atoms with Gasteiger partial charge in [0, 0.05) is 40.8 Å². The maximum Gasteiger partial charge on any atom is 0.244 e. The number of halogens is 2. The van der Waals surface area contributed by atoms with Crippen LogP contribution in [0.25, 0.3) is 27.7 Å². The van der Waals surface area contributed by atoms with Gasteiger partial charge in [0.1, 0.15) is 23.0 Å². The van der Waals surface area contributed by atoms with Gasteiger partial charge in [0.25, 0.3) is 0 Å². The van der Waals surface area contributed by atoms with Crippen LogP contribution < -0.4 is 10.1 Å². The van der Waals surface area contributed by atoms with Crippen LogP contribution in [-0.4, -0.2) is 13.0 Å². The summed E-state index contributed by atoms with van der Waals surface area (Å²) in [7, 11) is 1.55. The molecular formula is C28H25F2NO3. The van der Waals surface area contributed by atoms with Crippen LogP contribution >= 0.6 is 0 Å². The molecule has 0 aliphatic rings. The highest BCUT2D eigenvalue weighted by atomic mass is 19.1. The molecule has 4 nitrogen and oxygen atoms in total. The Bertz CT molecular complexity index is 1400. The Morgan fingerprint density at radius 1 is 1.06 bits per heavy atom. The van der Waals surface area contributed by atoms with Gasteiger partial charge < -0.3 is 14.5 Å². The number of benzene rings is 3. The normalized spacial score (nSPS) is 11.6. The number of hydrogen-bond acceptors (Lipinski definition) is 3. The highest BCUT2D eigenvalue weighted by molar-refractivity contribution is 6.00. The molecule has 3 aromatic carbocycles. The van der Waals surface area contributed by atoms with Crippen LogP contribution in [0, 0.1) is 25.5 Å². The van der Waals surface area contributed by atoms with E-state index in [4.69, 9.17) is 9.15 Å². The topological polar surface area (TPSA) is 51.5 Å². The summed E-state index contributed by atoms with van der Waals surface area (Å²) in [6, 6.07) is 13.6. The number of ether oxygens (including phenoxy) is 1. The van der Waals surface area contributed by atoms with E-state index in [1.54, 1.807) is 26.4 Å². The summed E-state index contributed by atoms with van der Waals surface area (Å²) in [5.74, 6) is -1.32. The Kier molecular flexibility index (Phi) is 6.50. The average Bonchev–Trinajstić information content (AvgIpc) is 3.20. The van der Waals surface area contributed by atoms with Crippen molar-refractivity contribution in [1.29, 1.82) is 0 Å². The van der Waals surface area contributed by atoms with E-state index in [2.05, 4.69) is 30.4 Å². The third kappa shape index (κ3) is 4.57. The van der Waals surface area contributed by atoms with Crippen molar-refractivity contribution in [2.24, 2.45) is 0 Å². The summed E-state index contributed by atoms with van der Waals surface area (Å²) in [6.07, 6.45) is 3.11. The quantitative estimate of drug-likeness (QED) is 0.324. The van der Waals surface area contributed by atoms with Crippen molar-refractivity contribution in [2.75, 3.05) is 7.11 Å². The Morgan fingerprint density at radius 2 is 1.79 bits per heavy atom. The molecule has 0 saturated heterocycles. The van der Waals surface area contributed by atoms with E-state index >= 15 is 0 Å². The number of rotatable bonds is 6. The van der Waals surface area contributed by atoms with E-state index in [0.29, 0.717) is 16.9 Å². The molecule has 1 amide bonds. The van der Waals surface area contributed by atoms with Crippen molar-refractivity contribution in [1.82, 2.24) is 5.32 Å². The summed E-state index contributed by atoms with van der Waals surface area (Å²) < 4.78 is 39.0. The molecule has 4 rings (SSSR count). The molecule has 174 valence electrons. The largest absolute Gasteiger partial charge is 0.496 e. The fourth-order valence-corrected chi connectivity index (χ4v) is 4.06. The number of allylic oxidation sites excluding steroid dienone is 1. The fourth-order valence-electron chi connectivity index (χ4n) is 4.06. The standard InChI is InChI=1S/C28H25F2NO3/c1-16-8-9-19(17(2)10-16)23-15-34-27-13-26(33-4)20(12-21(23)27)18(3)11-28(32)31-14-22-24(29)6-5-7-25(22)30/h5-13,15H,14H2,1-4H3,(H,31,32)/b18-11+. The fraction of sp³-hybridized carbons (Fsp3) is 0.179. The van der Waals surface area contributed by atoms with Crippen LogP contribution in [0.5, 0.6) is 5.75 Å². The smallest absolute Gasteiger partial charge is 0.244 e. The Labute approximate surface area is 196 Å². The van der Waals surface area contributed by atoms with E-state index in [0.717, 1.165) is 39.8 Å². The molecule has 0 fully saturated rings. The van der Waals surface area contributed by atoms with Gasteiger partial charge in [-0.15, -0.1) is 0 Å². The lowest BCUT2D eigenvalue weighted by molar-refractivity contribution is -0.116. The monoisotopic (exact) mass is 461 g/mol. The van der Waals surface area contributed by atoms with Crippen molar-refractivity contribution < 1.29 is 22.7 Å². The Balaban J connectivity index is 1.66. The minimum atomic E-state index is -0.702. The summed E-state index contributed by atoms with van der Waals surface area (Å²) in [5.41, 5.74) is 6.16. The first-order chi connectivity index (χ1) is 16.3. The van der Waals surface area contributed by atoms with Crippen LogP contribution in [0.4, 0.5) is 8.78 Å². The molecule has 1 heterocycles. The van der Waals surface area contributed by atoms with Crippen LogP contribution in [0.1, 0.15) is 29.2 Å². The minimum Gasteiger partial charge on any atom is -0.496 e. The molecule has 0 radical (unpaired) electrons. The van der Waals surface area contributed by atoms with Crippen LogP contribution in [0.2, 0.25) is 0 Å². The Morgan fingerprint density at radius 3 is 2.47 bits per heavy atom. The number of methoxy groups -OCH3 is 1. The predicted molar refractivity (Wildman–Crippen MR) is 130 cm³/mol. The average molecular weight is 462 g/mol. The van der Waals surface area contributed by atoms with E-state index in [1.807, 2.05) is 13.0 Å². The molecule has 1 aromatic heterocycles. The maximum atomic E-state index is 13.8. The van der Waals surface area contributed by atoms with E-state index in [-0.39, 0.29) is 12.1 Å². The van der Waals surface area contributed by atoms with Gasteiger partial charge in [-0.05, 0) is 55.7 Å². The SMILES string of the molecule is COc1cc2occ(-c3ccc(C)cc3C)c2cc1/C(C)=C/C(=O)NCc1c(F)cccc1F. The molecular weight excluding hydrogens is 436 g/mol. The lowest BCUT2D eigenvalue weighted by atomic mass is 9.96.